The highest BCUT2D eigenvalue weighted by Crippen LogP contribution is 2.40. The van der Waals surface area contributed by atoms with Crippen LogP contribution in [0.5, 0.6) is 0 Å². The summed E-state index contributed by atoms with van der Waals surface area (Å²) >= 11 is 1.58. The lowest BCUT2D eigenvalue weighted by Crippen LogP contribution is -2.31. The molecule has 0 bridgehead atoms. The highest BCUT2D eigenvalue weighted by molar-refractivity contribution is 7.13. The van der Waals surface area contributed by atoms with Crippen LogP contribution in [0.25, 0.3) is 16.2 Å². The molecule has 0 aliphatic heterocycles. The number of aryl methyl sites for hydroxylation is 1. The summed E-state index contributed by atoms with van der Waals surface area (Å²) in [5.41, 5.74) is 1.34. The van der Waals surface area contributed by atoms with Crippen molar-refractivity contribution in [1.29, 1.82) is 0 Å². The number of nitrogens with zero attached hydrogens (tertiary/aromatic N) is 3. The molecule has 1 aliphatic carbocycles. The molecule has 1 N–H and O–H groups in total. The molecule has 0 amide bonds. The Hall–Kier alpha value is -1.95. The van der Waals surface area contributed by atoms with Crippen LogP contribution in [-0.4, -0.2) is 19.6 Å². The number of hydrogen-bond acceptors (Lipinski definition) is 4. The molecule has 6 heteroatoms. The number of thiophene rings is 1. The van der Waals surface area contributed by atoms with Crippen LogP contribution in [0, 0.1) is 5.92 Å². The smallest absolute Gasteiger partial charge is 0.277 e. The van der Waals surface area contributed by atoms with Gasteiger partial charge in [-0.1, -0.05) is 26.8 Å². The van der Waals surface area contributed by atoms with Gasteiger partial charge >= 0.3 is 0 Å². The first kappa shape index (κ1) is 16.5. The summed E-state index contributed by atoms with van der Waals surface area (Å²) in [6, 6.07) is 3.95. The summed E-state index contributed by atoms with van der Waals surface area (Å²) < 4.78 is 1.84. The second kappa shape index (κ2) is 6.09. The molecule has 25 heavy (non-hydrogen) atoms. The van der Waals surface area contributed by atoms with Crippen molar-refractivity contribution >= 4 is 16.9 Å². The topological polar surface area (TPSA) is 63.1 Å². The van der Waals surface area contributed by atoms with E-state index >= 15 is 0 Å². The standard InChI is InChI=1S/C19H24N4OS/c1-4-13-15-17(24)21-16(14-6-5-11-25-14)22-23(15)18(20-13)19(3)9-7-12(2)8-10-19/h5-6,11-12H,4,7-10H2,1-3H3,(H,21,22,24). The molecule has 0 unspecified atom stereocenters. The third-order valence-electron chi connectivity index (χ3n) is 5.58. The van der Waals surface area contributed by atoms with Crippen LogP contribution < -0.4 is 5.56 Å². The summed E-state index contributed by atoms with van der Waals surface area (Å²) in [7, 11) is 0. The van der Waals surface area contributed by atoms with Crippen LogP contribution in [0.15, 0.2) is 22.3 Å². The quantitative estimate of drug-likeness (QED) is 0.766. The number of nitrogens with one attached hydrogen (secondary N) is 1. The predicted molar refractivity (Wildman–Crippen MR) is 101 cm³/mol. The highest BCUT2D eigenvalue weighted by atomic mass is 32.1. The average molecular weight is 356 g/mol. The first-order valence-electron chi connectivity index (χ1n) is 9.08. The molecule has 1 fully saturated rings. The molecule has 3 heterocycles. The van der Waals surface area contributed by atoms with Gasteiger partial charge in [0.2, 0.25) is 0 Å². The van der Waals surface area contributed by atoms with E-state index in [4.69, 9.17) is 10.1 Å². The van der Waals surface area contributed by atoms with Crippen molar-refractivity contribution in [1.82, 2.24) is 19.6 Å². The number of aromatic amines is 1. The molecular formula is C19H24N4OS. The van der Waals surface area contributed by atoms with Crippen LogP contribution in [-0.2, 0) is 11.8 Å². The first-order chi connectivity index (χ1) is 12.0. The fourth-order valence-electron chi connectivity index (χ4n) is 3.86. The van der Waals surface area contributed by atoms with E-state index in [1.807, 2.05) is 29.0 Å². The van der Waals surface area contributed by atoms with Crippen LogP contribution in [0.2, 0.25) is 0 Å². The SMILES string of the molecule is CCc1nc(C2(C)CCC(C)CC2)n2nc(-c3cccs3)[nH]c(=O)c12. The van der Waals surface area contributed by atoms with Crippen molar-refractivity contribution < 1.29 is 0 Å². The second-order valence-corrected chi connectivity index (χ2v) is 8.47. The number of rotatable bonds is 3. The van der Waals surface area contributed by atoms with E-state index in [0.29, 0.717) is 11.3 Å². The van der Waals surface area contributed by atoms with Crippen LogP contribution in [0.1, 0.15) is 58.0 Å². The minimum atomic E-state index is -0.0956. The zero-order valence-electron chi connectivity index (χ0n) is 15.0. The molecule has 1 aliphatic rings. The molecule has 5 nitrogen and oxygen atoms in total. The molecule has 4 rings (SSSR count). The maximum absolute atomic E-state index is 12.8. The number of aromatic nitrogens is 4. The lowest BCUT2D eigenvalue weighted by atomic mass is 9.72. The van der Waals surface area contributed by atoms with Gasteiger partial charge in [-0.25, -0.2) is 9.50 Å². The Bertz CT molecular complexity index is 946. The van der Waals surface area contributed by atoms with Crippen LogP contribution in [0.3, 0.4) is 0 Å². The number of imidazole rings is 1. The van der Waals surface area contributed by atoms with Gasteiger partial charge in [0, 0.05) is 5.41 Å². The molecule has 0 radical (unpaired) electrons. The Morgan fingerprint density at radius 3 is 2.80 bits per heavy atom. The molecule has 1 saturated carbocycles. The van der Waals surface area contributed by atoms with Crippen molar-refractivity contribution in [3.05, 3.63) is 39.4 Å². The summed E-state index contributed by atoms with van der Waals surface area (Å²) in [5.74, 6) is 2.35. The predicted octanol–water partition coefficient (Wildman–Crippen LogP) is 4.18. The van der Waals surface area contributed by atoms with Crippen LogP contribution in [0.4, 0.5) is 0 Å². The van der Waals surface area contributed by atoms with E-state index in [-0.39, 0.29) is 11.0 Å². The van der Waals surface area contributed by atoms with Gasteiger partial charge in [-0.15, -0.1) is 16.4 Å². The minimum absolute atomic E-state index is 0.0175. The summed E-state index contributed by atoms with van der Waals surface area (Å²) in [6.45, 7) is 6.64. The van der Waals surface area contributed by atoms with E-state index in [1.54, 1.807) is 11.3 Å². The molecule has 3 aromatic rings. The summed E-state index contributed by atoms with van der Waals surface area (Å²) in [6.07, 6.45) is 5.33. The maximum Gasteiger partial charge on any atom is 0.277 e. The molecule has 132 valence electrons. The van der Waals surface area contributed by atoms with Gasteiger partial charge in [0.1, 0.15) is 5.82 Å². The van der Waals surface area contributed by atoms with Crippen molar-refractivity contribution in [2.24, 2.45) is 5.92 Å². The fourth-order valence-corrected chi connectivity index (χ4v) is 4.52. The molecule has 0 saturated heterocycles. The number of fused-ring (bicyclic) bond motifs is 1. The van der Waals surface area contributed by atoms with Gasteiger partial charge in [0.25, 0.3) is 5.56 Å². The van der Waals surface area contributed by atoms with E-state index in [1.165, 1.54) is 12.8 Å². The first-order valence-corrected chi connectivity index (χ1v) is 9.96. The minimum Gasteiger partial charge on any atom is -0.303 e. The highest BCUT2D eigenvalue weighted by Gasteiger charge is 2.36. The monoisotopic (exact) mass is 356 g/mol. The van der Waals surface area contributed by atoms with E-state index < -0.39 is 0 Å². The van der Waals surface area contributed by atoms with Crippen molar-refractivity contribution in [3.63, 3.8) is 0 Å². The Morgan fingerprint density at radius 1 is 1.40 bits per heavy atom. The maximum atomic E-state index is 12.8. The van der Waals surface area contributed by atoms with Gasteiger partial charge in [-0.05, 0) is 49.5 Å². The normalized spacial score (nSPS) is 24.0. The van der Waals surface area contributed by atoms with Crippen molar-refractivity contribution in [2.75, 3.05) is 0 Å². The van der Waals surface area contributed by atoms with Gasteiger partial charge in [-0.2, -0.15) is 0 Å². The van der Waals surface area contributed by atoms with Crippen molar-refractivity contribution in [2.45, 2.75) is 58.3 Å². The fraction of sp³-hybridized carbons (Fsp3) is 0.526. The van der Waals surface area contributed by atoms with Crippen LogP contribution >= 0.6 is 11.3 Å². The Labute approximate surface area is 151 Å². The molecule has 3 aromatic heterocycles. The van der Waals surface area contributed by atoms with Gasteiger partial charge in [0.05, 0.1) is 10.6 Å². The Kier molecular flexibility index (Phi) is 4.02. The summed E-state index contributed by atoms with van der Waals surface area (Å²) in [5, 5.41) is 6.79. The molecule has 0 spiro atoms. The second-order valence-electron chi connectivity index (χ2n) is 7.52. The van der Waals surface area contributed by atoms with E-state index in [2.05, 4.69) is 18.8 Å². The zero-order chi connectivity index (χ0) is 17.6. The van der Waals surface area contributed by atoms with E-state index in [0.717, 1.165) is 41.6 Å². The Morgan fingerprint density at radius 2 is 2.16 bits per heavy atom. The lowest BCUT2D eigenvalue weighted by molar-refractivity contribution is 0.247. The zero-order valence-corrected chi connectivity index (χ0v) is 15.8. The Balaban J connectivity index is 1.93. The molecular weight excluding hydrogens is 332 g/mol. The summed E-state index contributed by atoms with van der Waals surface area (Å²) in [4.78, 5) is 21.6. The average Bonchev–Trinajstić information content (AvgIpc) is 3.25. The number of hydrogen-bond donors (Lipinski definition) is 1. The number of H-pyrrole nitrogens is 1. The van der Waals surface area contributed by atoms with Crippen molar-refractivity contribution in [3.8, 4) is 10.7 Å². The third kappa shape index (κ3) is 2.72. The molecule has 0 aromatic carbocycles. The largest absolute Gasteiger partial charge is 0.303 e. The van der Waals surface area contributed by atoms with Gasteiger partial charge in [-0.3, -0.25) is 4.79 Å². The lowest BCUT2D eigenvalue weighted by Gasteiger charge is -2.34. The van der Waals surface area contributed by atoms with Gasteiger partial charge in [0.15, 0.2) is 11.3 Å². The molecule has 0 atom stereocenters. The third-order valence-corrected chi connectivity index (χ3v) is 6.46. The van der Waals surface area contributed by atoms with Gasteiger partial charge < -0.3 is 4.98 Å². The van der Waals surface area contributed by atoms with E-state index in [9.17, 15) is 4.79 Å².